The van der Waals surface area contributed by atoms with Gasteiger partial charge in [0.05, 0.1) is 0 Å². The van der Waals surface area contributed by atoms with Crippen molar-refractivity contribution in [3.63, 3.8) is 0 Å². The summed E-state index contributed by atoms with van der Waals surface area (Å²) in [6.07, 6.45) is 3.63. The Bertz CT molecular complexity index is 572. The van der Waals surface area contributed by atoms with Crippen LogP contribution in [0.15, 0.2) is 73.1 Å². The van der Waals surface area contributed by atoms with Crippen LogP contribution in [0.1, 0.15) is 0 Å². The quantitative estimate of drug-likeness (QED) is 0.642. The highest BCUT2D eigenvalue weighted by Crippen LogP contribution is 2.30. The molecule has 0 spiro atoms. The van der Waals surface area contributed by atoms with E-state index >= 15 is 0 Å². The molecule has 1 heteroatoms. The lowest BCUT2D eigenvalue weighted by Gasteiger charge is -2.09. The van der Waals surface area contributed by atoms with Gasteiger partial charge in [-0.25, -0.2) is 0 Å². The molecule has 0 fully saturated rings. The van der Waals surface area contributed by atoms with Crippen LogP contribution >= 0.6 is 0 Å². The molecule has 0 unspecified atom stereocenters. The summed E-state index contributed by atoms with van der Waals surface area (Å²) in [6.45, 7) is 0. The molecule has 0 atom stereocenters. The van der Waals surface area contributed by atoms with E-state index < -0.39 is 0 Å². The van der Waals surface area contributed by atoms with Crippen LogP contribution in [0, 0.1) is 6.07 Å². The maximum Gasteiger partial charge on any atom is 0.0273 e. The van der Waals surface area contributed by atoms with E-state index in [4.69, 9.17) is 0 Å². The van der Waals surface area contributed by atoms with Crippen molar-refractivity contribution in [2.24, 2.45) is 0 Å². The van der Waals surface area contributed by atoms with Crippen molar-refractivity contribution in [2.45, 2.75) is 0 Å². The first-order valence-electron chi connectivity index (χ1n) is 5.92. The summed E-state index contributed by atoms with van der Waals surface area (Å²) < 4.78 is 0. The molecule has 1 nitrogen and oxygen atoms in total. The summed E-state index contributed by atoms with van der Waals surface area (Å²) >= 11 is 0. The predicted octanol–water partition coefficient (Wildman–Crippen LogP) is 4.22. The molecule has 0 saturated heterocycles. The fourth-order valence-corrected chi connectivity index (χ4v) is 2.05. The molecule has 0 bridgehead atoms. The Morgan fingerprint density at radius 2 is 1.50 bits per heavy atom. The highest BCUT2D eigenvalue weighted by atomic mass is 14.6. The summed E-state index contributed by atoms with van der Waals surface area (Å²) in [5, 5.41) is 0. The van der Waals surface area contributed by atoms with Crippen molar-refractivity contribution in [3.05, 3.63) is 79.1 Å². The molecule has 1 radical (unpaired) electrons. The van der Waals surface area contributed by atoms with Gasteiger partial charge in [-0.1, -0.05) is 48.5 Å². The molecular formula is C17H12N. The molecule has 3 aromatic rings. The van der Waals surface area contributed by atoms with Crippen LogP contribution in [0.3, 0.4) is 0 Å². The zero-order valence-electron chi connectivity index (χ0n) is 9.88. The number of rotatable bonds is 2. The van der Waals surface area contributed by atoms with Gasteiger partial charge in [-0.3, -0.25) is 4.98 Å². The lowest BCUT2D eigenvalue weighted by atomic mass is 9.95. The molecule has 0 aliphatic carbocycles. The summed E-state index contributed by atoms with van der Waals surface area (Å²) in [5.74, 6) is 0. The molecule has 1 aromatic heterocycles. The molecule has 0 amide bonds. The standard InChI is InChI=1S/C17H12N/c1-2-6-14(7-3-1)16-8-4-5-9-17(16)15-10-12-18-13-11-15/h1-7,9-13H. The molecule has 0 saturated carbocycles. The number of hydrogen-bond acceptors (Lipinski definition) is 1. The average Bonchev–Trinajstić information content (AvgIpc) is 2.49. The van der Waals surface area contributed by atoms with Gasteiger partial charge in [0.1, 0.15) is 0 Å². The summed E-state index contributed by atoms with van der Waals surface area (Å²) in [4.78, 5) is 4.06. The maximum absolute atomic E-state index is 4.06. The fraction of sp³-hybridized carbons (Fsp3) is 0. The minimum atomic E-state index is 1.13. The maximum atomic E-state index is 4.06. The van der Waals surface area contributed by atoms with Gasteiger partial charge in [0, 0.05) is 12.4 Å². The van der Waals surface area contributed by atoms with Crippen LogP contribution in [-0.2, 0) is 0 Å². The minimum Gasteiger partial charge on any atom is -0.265 e. The predicted molar refractivity (Wildman–Crippen MR) is 73.9 cm³/mol. The first-order valence-corrected chi connectivity index (χ1v) is 5.92. The van der Waals surface area contributed by atoms with Crippen LogP contribution in [0.2, 0.25) is 0 Å². The van der Waals surface area contributed by atoms with Crippen molar-refractivity contribution in [1.82, 2.24) is 4.98 Å². The zero-order valence-corrected chi connectivity index (χ0v) is 9.88. The Hall–Kier alpha value is -2.41. The van der Waals surface area contributed by atoms with E-state index in [1.54, 1.807) is 0 Å². The first kappa shape index (κ1) is 10.7. The van der Waals surface area contributed by atoms with Gasteiger partial charge in [0.25, 0.3) is 0 Å². The van der Waals surface area contributed by atoms with Gasteiger partial charge in [-0.15, -0.1) is 0 Å². The number of pyridine rings is 1. The van der Waals surface area contributed by atoms with Gasteiger partial charge in [-0.2, -0.15) is 0 Å². The average molecular weight is 230 g/mol. The fourth-order valence-electron chi connectivity index (χ4n) is 2.05. The SMILES string of the molecule is [c]1cccc(-c2ccncc2)c1-c1ccccc1. The molecule has 0 N–H and O–H groups in total. The minimum absolute atomic E-state index is 1.13. The first-order chi connectivity index (χ1) is 8.95. The van der Waals surface area contributed by atoms with Crippen molar-refractivity contribution in [3.8, 4) is 22.3 Å². The smallest absolute Gasteiger partial charge is 0.0273 e. The van der Waals surface area contributed by atoms with Crippen LogP contribution in [0.5, 0.6) is 0 Å². The van der Waals surface area contributed by atoms with Crippen molar-refractivity contribution < 1.29 is 0 Å². The van der Waals surface area contributed by atoms with Gasteiger partial charge >= 0.3 is 0 Å². The second kappa shape index (κ2) is 4.84. The molecular weight excluding hydrogens is 218 g/mol. The third kappa shape index (κ3) is 2.03. The van der Waals surface area contributed by atoms with Crippen LogP contribution in [0.4, 0.5) is 0 Å². The Balaban J connectivity index is 2.18. The van der Waals surface area contributed by atoms with E-state index in [9.17, 15) is 0 Å². The molecule has 0 aliphatic heterocycles. The van der Waals surface area contributed by atoms with Gasteiger partial charge in [-0.05, 0) is 40.5 Å². The number of aromatic nitrogens is 1. The Morgan fingerprint density at radius 3 is 2.28 bits per heavy atom. The molecule has 3 rings (SSSR count). The third-order valence-corrected chi connectivity index (χ3v) is 2.91. The molecule has 85 valence electrons. The van der Waals surface area contributed by atoms with E-state index in [1.807, 2.05) is 54.9 Å². The monoisotopic (exact) mass is 230 g/mol. The highest BCUT2D eigenvalue weighted by molar-refractivity contribution is 5.82. The Morgan fingerprint density at radius 1 is 0.722 bits per heavy atom. The van der Waals surface area contributed by atoms with Crippen molar-refractivity contribution in [2.75, 3.05) is 0 Å². The summed E-state index contributed by atoms with van der Waals surface area (Å²) in [6, 6.07) is 23.8. The van der Waals surface area contributed by atoms with Crippen LogP contribution in [-0.4, -0.2) is 4.98 Å². The normalized spacial score (nSPS) is 10.2. The molecule has 18 heavy (non-hydrogen) atoms. The number of nitrogens with zero attached hydrogens (tertiary/aromatic N) is 1. The lowest BCUT2D eigenvalue weighted by Crippen LogP contribution is -1.85. The zero-order chi connectivity index (χ0) is 12.2. The van der Waals surface area contributed by atoms with Gasteiger partial charge in [0.15, 0.2) is 0 Å². The van der Waals surface area contributed by atoms with Crippen molar-refractivity contribution >= 4 is 0 Å². The number of hydrogen-bond donors (Lipinski definition) is 0. The second-order valence-corrected chi connectivity index (χ2v) is 4.06. The number of benzene rings is 2. The van der Waals surface area contributed by atoms with Crippen LogP contribution < -0.4 is 0 Å². The Kier molecular flexibility index (Phi) is 2.89. The van der Waals surface area contributed by atoms with E-state index in [2.05, 4.69) is 29.2 Å². The van der Waals surface area contributed by atoms with Crippen molar-refractivity contribution in [1.29, 1.82) is 0 Å². The molecule has 0 aliphatic rings. The van der Waals surface area contributed by atoms with Crippen LogP contribution in [0.25, 0.3) is 22.3 Å². The van der Waals surface area contributed by atoms with Gasteiger partial charge < -0.3 is 0 Å². The van der Waals surface area contributed by atoms with Gasteiger partial charge in [0.2, 0.25) is 0 Å². The highest BCUT2D eigenvalue weighted by Gasteiger charge is 2.05. The van der Waals surface area contributed by atoms with E-state index in [0.29, 0.717) is 0 Å². The topological polar surface area (TPSA) is 12.9 Å². The summed E-state index contributed by atoms with van der Waals surface area (Å²) in [7, 11) is 0. The summed E-state index contributed by atoms with van der Waals surface area (Å²) in [5.41, 5.74) is 4.67. The third-order valence-electron chi connectivity index (χ3n) is 2.91. The second-order valence-electron chi connectivity index (χ2n) is 4.06. The lowest BCUT2D eigenvalue weighted by molar-refractivity contribution is 1.33. The Labute approximate surface area is 107 Å². The van der Waals surface area contributed by atoms with E-state index in [1.165, 1.54) is 16.7 Å². The van der Waals surface area contributed by atoms with E-state index in [-0.39, 0.29) is 0 Å². The van der Waals surface area contributed by atoms with E-state index in [0.717, 1.165) is 5.56 Å². The largest absolute Gasteiger partial charge is 0.265 e. The molecule has 1 heterocycles. The molecule has 2 aromatic carbocycles.